The van der Waals surface area contributed by atoms with Gasteiger partial charge in [-0.15, -0.1) is 5.10 Å². The van der Waals surface area contributed by atoms with Gasteiger partial charge in [-0.25, -0.2) is 0 Å². The van der Waals surface area contributed by atoms with E-state index in [4.69, 9.17) is 0 Å². The first kappa shape index (κ1) is 18.9. The maximum absolute atomic E-state index is 12.9. The lowest BCUT2D eigenvalue weighted by molar-refractivity contribution is -0.190. The van der Waals surface area contributed by atoms with E-state index in [0.717, 1.165) is 18.2 Å². The number of amides is 1. The first-order chi connectivity index (χ1) is 11.5. The monoisotopic (exact) mass is 355 g/mol. The predicted octanol–water partition coefficient (Wildman–Crippen LogP) is 2.93. The van der Waals surface area contributed by atoms with Crippen LogP contribution in [0, 0.1) is 13.8 Å². The number of aryl methyl sites for hydroxylation is 2. The van der Waals surface area contributed by atoms with Crippen molar-refractivity contribution in [3.05, 3.63) is 35.2 Å². The van der Waals surface area contributed by atoms with Gasteiger partial charge in [-0.3, -0.25) is 4.79 Å². The summed E-state index contributed by atoms with van der Waals surface area (Å²) in [7, 11) is 1.11. The maximum Gasteiger partial charge on any atom is 0.471 e. The summed E-state index contributed by atoms with van der Waals surface area (Å²) in [5, 5.41) is 11.5. The van der Waals surface area contributed by atoms with E-state index in [9.17, 15) is 18.0 Å². The third kappa shape index (κ3) is 3.22. The number of carbonyl (C=O) groups excluding carboxylic acids is 1. The molecular formula is C16H20F3N5O. The minimum absolute atomic E-state index is 0.174. The maximum atomic E-state index is 12.9. The number of halogens is 3. The number of tetrazole rings is 1. The SMILES string of the molecule is CC[C@](C)(c1nnnn1-c1c(C)cccc1C)N(C)C(=O)C(F)(F)F. The molecule has 0 aliphatic carbocycles. The summed E-state index contributed by atoms with van der Waals surface area (Å²) in [6.07, 6.45) is -4.77. The van der Waals surface area contributed by atoms with Crippen LogP contribution in [-0.2, 0) is 10.3 Å². The molecule has 136 valence electrons. The molecule has 0 spiro atoms. The van der Waals surface area contributed by atoms with Gasteiger partial charge in [-0.1, -0.05) is 25.1 Å². The van der Waals surface area contributed by atoms with Crippen LogP contribution in [0.15, 0.2) is 18.2 Å². The second-order valence-electron chi connectivity index (χ2n) is 6.14. The number of hydrogen-bond acceptors (Lipinski definition) is 4. The second-order valence-corrected chi connectivity index (χ2v) is 6.14. The zero-order chi connectivity index (χ0) is 19.0. The van der Waals surface area contributed by atoms with Crippen LogP contribution in [-0.4, -0.2) is 44.2 Å². The van der Waals surface area contributed by atoms with Gasteiger partial charge in [0.2, 0.25) is 0 Å². The number of hydrogen-bond donors (Lipinski definition) is 0. The predicted molar refractivity (Wildman–Crippen MR) is 85.1 cm³/mol. The Kier molecular flexibility index (Phi) is 4.87. The summed E-state index contributed by atoms with van der Waals surface area (Å²) in [4.78, 5) is 12.4. The van der Waals surface area contributed by atoms with E-state index < -0.39 is 17.6 Å². The van der Waals surface area contributed by atoms with E-state index >= 15 is 0 Å². The smallest absolute Gasteiger partial charge is 0.325 e. The molecular weight excluding hydrogens is 335 g/mol. The number of carbonyl (C=O) groups is 1. The Morgan fingerprint density at radius 2 is 1.80 bits per heavy atom. The normalized spacial score (nSPS) is 14.2. The fourth-order valence-corrected chi connectivity index (χ4v) is 2.77. The highest BCUT2D eigenvalue weighted by molar-refractivity contribution is 5.82. The fourth-order valence-electron chi connectivity index (χ4n) is 2.77. The molecule has 0 bridgehead atoms. The second kappa shape index (κ2) is 6.45. The van der Waals surface area contributed by atoms with Gasteiger partial charge in [0.1, 0.15) is 5.54 Å². The van der Waals surface area contributed by atoms with E-state index in [1.54, 1.807) is 6.92 Å². The van der Waals surface area contributed by atoms with Crippen LogP contribution in [0.25, 0.3) is 5.69 Å². The molecule has 0 aliphatic rings. The molecule has 0 fully saturated rings. The molecule has 0 radical (unpaired) electrons. The van der Waals surface area contributed by atoms with Gasteiger partial charge in [-0.2, -0.15) is 17.9 Å². The van der Waals surface area contributed by atoms with Crippen LogP contribution >= 0.6 is 0 Å². The van der Waals surface area contributed by atoms with Crippen molar-refractivity contribution < 1.29 is 18.0 Å². The highest BCUT2D eigenvalue weighted by atomic mass is 19.4. The van der Waals surface area contributed by atoms with E-state index in [2.05, 4.69) is 15.5 Å². The standard InChI is InChI=1S/C16H20F3N5O/c1-6-15(4,23(5)14(25)16(17,18)19)13-20-21-22-24(13)12-10(2)8-7-9-11(12)3/h7-9H,6H2,1-5H3/t15-/m1/s1. The average Bonchev–Trinajstić information content (AvgIpc) is 3.01. The van der Waals surface area contributed by atoms with Crippen LogP contribution in [0.2, 0.25) is 0 Å². The van der Waals surface area contributed by atoms with Crippen LogP contribution in [0.3, 0.4) is 0 Å². The largest absolute Gasteiger partial charge is 0.471 e. The summed E-state index contributed by atoms with van der Waals surface area (Å²) in [5.41, 5.74) is 1.11. The van der Waals surface area contributed by atoms with Gasteiger partial charge >= 0.3 is 12.1 Å². The molecule has 1 atom stereocenters. The number of rotatable bonds is 4. The third-order valence-electron chi connectivity index (χ3n) is 4.58. The fraction of sp³-hybridized carbons (Fsp3) is 0.500. The summed E-state index contributed by atoms with van der Waals surface area (Å²) >= 11 is 0. The van der Waals surface area contributed by atoms with Crippen LogP contribution in [0.1, 0.15) is 37.2 Å². The molecule has 2 rings (SSSR count). The van der Waals surface area contributed by atoms with Gasteiger partial charge in [0.15, 0.2) is 5.82 Å². The van der Waals surface area contributed by atoms with Crippen molar-refractivity contribution in [2.24, 2.45) is 0 Å². The molecule has 0 saturated heterocycles. The van der Waals surface area contributed by atoms with Crippen molar-refractivity contribution in [3.8, 4) is 5.69 Å². The van der Waals surface area contributed by atoms with Crippen molar-refractivity contribution >= 4 is 5.91 Å². The molecule has 1 heterocycles. The third-order valence-corrected chi connectivity index (χ3v) is 4.58. The highest BCUT2D eigenvalue weighted by Gasteiger charge is 2.48. The van der Waals surface area contributed by atoms with Crippen molar-refractivity contribution in [1.82, 2.24) is 25.1 Å². The number of alkyl halides is 3. The lowest BCUT2D eigenvalue weighted by Crippen LogP contribution is -2.51. The van der Waals surface area contributed by atoms with E-state index in [0.29, 0.717) is 10.6 Å². The summed E-state index contributed by atoms with van der Waals surface area (Å²) in [6, 6.07) is 5.60. The molecule has 1 aromatic carbocycles. The average molecular weight is 355 g/mol. The Balaban J connectivity index is 2.61. The zero-order valence-electron chi connectivity index (χ0n) is 14.7. The number of aromatic nitrogens is 4. The summed E-state index contributed by atoms with van der Waals surface area (Å²) in [5.74, 6) is -1.76. The minimum atomic E-state index is -4.97. The molecule has 0 saturated carbocycles. The van der Waals surface area contributed by atoms with Gasteiger partial charge in [0.05, 0.1) is 5.69 Å². The summed E-state index contributed by atoms with van der Waals surface area (Å²) in [6.45, 7) is 6.93. The van der Waals surface area contributed by atoms with Crippen molar-refractivity contribution in [2.75, 3.05) is 7.05 Å². The van der Waals surface area contributed by atoms with E-state index in [1.165, 1.54) is 11.6 Å². The van der Waals surface area contributed by atoms with Crippen molar-refractivity contribution in [3.63, 3.8) is 0 Å². The van der Waals surface area contributed by atoms with Crippen LogP contribution in [0.4, 0.5) is 13.2 Å². The quantitative estimate of drug-likeness (QED) is 0.846. The molecule has 25 heavy (non-hydrogen) atoms. The first-order valence-electron chi connectivity index (χ1n) is 7.74. The molecule has 9 heteroatoms. The van der Waals surface area contributed by atoms with Gasteiger partial charge in [0, 0.05) is 7.05 Å². The molecule has 0 N–H and O–H groups in total. The van der Waals surface area contributed by atoms with E-state index in [-0.39, 0.29) is 12.2 Å². The summed E-state index contributed by atoms with van der Waals surface area (Å²) < 4.78 is 40.1. The number of benzene rings is 1. The Bertz CT molecular complexity index is 766. The lowest BCUT2D eigenvalue weighted by Gasteiger charge is -2.37. The van der Waals surface area contributed by atoms with Crippen LogP contribution < -0.4 is 0 Å². The molecule has 2 aromatic rings. The minimum Gasteiger partial charge on any atom is -0.325 e. The van der Waals surface area contributed by atoms with Gasteiger partial charge in [0.25, 0.3) is 0 Å². The topological polar surface area (TPSA) is 63.9 Å². The molecule has 6 nitrogen and oxygen atoms in total. The lowest BCUT2D eigenvalue weighted by atomic mass is 9.95. The Hall–Kier alpha value is -2.45. The Morgan fingerprint density at radius 1 is 1.24 bits per heavy atom. The molecule has 1 amide bonds. The number of para-hydroxylation sites is 1. The molecule has 0 aliphatic heterocycles. The Morgan fingerprint density at radius 3 is 2.28 bits per heavy atom. The van der Waals surface area contributed by atoms with Crippen molar-refractivity contribution in [1.29, 1.82) is 0 Å². The van der Waals surface area contributed by atoms with Crippen molar-refractivity contribution in [2.45, 2.75) is 45.8 Å². The first-order valence-corrected chi connectivity index (χ1v) is 7.74. The van der Waals surface area contributed by atoms with Gasteiger partial charge in [-0.05, 0) is 48.7 Å². The Labute approximate surface area is 143 Å². The zero-order valence-corrected chi connectivity index (χ0v) is 14.7. The molecule has 1 aromatic heterocycles. The van der Waals surface area contributed by atoms with E-state index in [1.807, 2.05) is 32.0 Å². The van der Waals surface area contributed by atoms with Gasteiger partial charge < -0.3 is 4.90 Å². The highest BCUT2D eigenvalue weighted by Crippen LogP contribution is 2.34. The van der Waals surface area contributed by atoms with Crippen LogP contribution in [0.5, 0.6) is 0 Å². The molecule has 0 unspecified atom stereocenters. The number of nitrogens with zero attached hydrogens (tertiary/aromatic N) is 5.